The molecule has 7 nitrogen and oxygen atoms in total. The van der Waals surface area contributed by atoms with Gasteiger partial charge in [0, 0.05) is 36.7 Å². The highest BCUT2D eigenvalue weighted by molar-refractivity contribution is 7.89. The lowest BCUT2D eigenvalue weighted by molar-refractivity contribution is 0.254. The average molecular weight is 510 g/mol. The number of alkyl halides is 1. The molecule has 3 heterocycles. The Morgan fingerprint density at radius 1 is 0.972 bits per heavy atom. The molecule has 0 saturated carbocycles. The zero-order chi connectivity index (χ0) is 25.1. The first kappa shape index (κ1) is 24.2. The summed E-state index contributed by atoms with van der Waals surface area (Å²) in [6.45, 7) is 0.989. The summed E-state index contributed by atoms with van der Waals surface area (Å²) in [6, 6.07) is 16.6. The number of anilines is 1. The molecule has 10 heteroatoms. The van der Waals surface area contributed by atoms with Crippen LogP contribution < -0.4 is 10.6 Å². The van der Waals surface area contributed by atoms with Crippen LogP contribution >= 0.6 is 0 Å². The second kappa shape index (κ2) is 10.2. The molecule has 0 radical (unpaired) electrons. The van der Waals surface area contributed by atoms with E-state index in [1.54, 1.807) is 48.7 Å². The van der Waals surface area contributed by atoms with E-state index in [4.69, 9.17) is 0 Å². The minimum absolute atomic E-state index is 0.101. The number of fused-ring (bicyclic) bond motifs is 1. The average Bonchev–Trinajstić information content (AvgIpc) is 2.85. The first-order chi connectivity index (χ1) is 17.3. The Morgan fingerprint density at radius 2 is 1.81 bits per heavy atom. The van der Waals surface area contributed by atoms with Crippen LogP contribution in [0.4, 0.5) is 14.7 Å². The van der Waals surface area contributed by atoms with E-state index in [1.807, 2.05) is 6.07 Å². The molecule has 1 saturated heterocycles. The van der Waals surface area contributed by atoms with Crippen LogP contribution in [-0.4, -0.2) is 48.7 Å². The van der Waals surface area contributed by atoms with Crippen LogP contribution in [0, 0.1) is 5.82 Å². The summed E-state index contributed by atoms with van der Waals surface area (Å²) < 4.78 is 53.6. The molecule has 4 aromatic rings. The predicted octanol–water partition coefficient (Wildman–Crippen LogP) is 4.06. The van der Waals surface area contributed by atoms with Crippen LogP contribution in [0.25, 0.3) is 22.3 Å². The normalized spacial score (nSPS) is 18.3. The predicted molar refractivity (Wildman–Crippen MR) is 135 cm³/mol. The second-order valence-electron chi connectivity index (χ2n) is 8.95. The van der Waals surface area contributed by atoms with Crippen LogP contribution in [0.2, 0.25) is 0 Å². The largest absolute Gasteiger partial charge is 0.350 e. The Morgan fingerprint density at radius 3 is 2.58 bits per heavy atom. The summed E-state index contributed by atoms with van der Waals surface area (Å²) in [7, 11) is -3.54. The molecule has 1 aliphatic heterocycles. The lowest BCUT2D eigenvalue weighted by Crippen LogP contribution is -2.44. The van der Waals surface area contributed by atoms with Crippen molar-refractivity contribution in [3.05, 3.63) is 83.8 Å². The second-order valence-corrected chi connectivity index (χ2v) is 11.0. The summed E-state index contributed by atoms with van der Waals surface area (Å²) >= 11 is 0. The summed E-state index contributed by atoms with van der Waals surface area (Å²) in [6.07, 6.45) is 1.05. The fourth-order valence-electron chi connectivity index (χ4n) is 4.27. The van der Waals surface area contributed by atoms with Gasteiger partial charge < -0.3 is 10.6 Å². The van der Waals surface area contributed by atoms with Crippen molar-refractivity contribution in [2.45, 2.75) is 30.1 Å². The van der Waals surface area contributed by atoms with Gasteiger partial charge in [-0.15, -0.1) is 0 Å². The van der Waals surface area contributed by atoms with Crippen molar-refractivity contribution >= 4 is 26.8 Å². The standard InChI is InChI=1S/C26H25F2N5O2S/c27-20-11-21(13-29-12-20)31-26-30-14-25-24(33-26)9-8-23(32-25)18-6-7-19(22(28)10-18)16-36(34,35)15-17-4-2-1-3-5-17/h1-10,14,20-21,29H,11-13,15-16H2,(H,30,31,33)/t20-,21-/m0/s1. The van der Waals surface area contributed by atoms with Gasteiger partial charge >= 0.3 is 0 Å². The summed E-state index contributed by atoms with van der Waals surface area (Å²) in [4.78, 5) is 13.3. The van der Waals surface area contributed by atoms with E-state index in [0.717, 1.165) is 0 Å². The molecular weight excluding hydrogens is 484 g/mol. The number of hydrogen-bond acceptors (Lipinski definition) is 7. The highest BCUT2D eigenvalue weighted by Crippen LogP contribution is 2.24. The molecule has 2 aromatic carbocycles. The number of halogens is 2. The number of sulfone groups is 1. The fraction of sp³-hybridized carbons (Fsp3) is 0.269. The van der Waals surface area contributed by atoms with Crippen molar-refractivity contribution in [1.82, 2.24) is 20.3 Å². The highest BCUT2D eigenvalue weighted by atomic mass is 32.2. The SMILES string of the molecule is O=S(=O)(Cc1ccccc1)Cc1ccc(-c2ccc3nc(N[C@@H]4CNC[C@@H](F)C4)ncc3n2)cc1F. The number of piperidine rings is 1. The van der Waals surface area contributed by atoms with E-state index in [-0.39, 0.29) is 23.1 Å². The maximum absolute atomic E-state index is 14.9. The Labute approximate surface area is 207 Å². The third-order valence-electron chi connectivity index (χ3n) is 6.02. The van der Waals surface area contributed by atoms with Gasteiger partial charge in [0.15, 0.2) is 9.84 Å². The first-order valence-corrected chi connectivity index (χ1v) is 13.4. The Hall–Kier alpha value is -3.50. The van der Waals surface area contributed by atoms with Crippen LogP contribution in [0.1, 0.15) is 17.5 Å². The molecule has 2 atom stereocenters. The lowest BCUT2D eigenvalue weighted by Gasteiger charge is -2.26. The molecule has 1 fully saturated rings. The van der Waals surface area contributed by atoms with Crippen molar-refractivity contribution in [2.24, 2.45) is 0 Å². The van der Waals surface area contributed by atoms with E-state index >= 15 is 0 Å². The maximum atomic E-state index is 14.9. The molecule has 1 aliphatic rings. The van der Waals surface area contributed by atoms with Gasteiger partial charge in [0.05, 0.1) is 28.9 Å². The zero-order valence-electron chi connectivity index (χ0n) is 19.4. The lowest BCUT2D eigenvalue weighted by atomic mass is 10.1. The molecule has 36 heavy (non-hydrogen) atoms. The molecule has 186 valence electrons. The van der Waals surface area contributed by atoms with Gasteiger partial charge in [-0.2, -0.15) is 0 Å². The van der Waals surface area contributed by atoms with Gasteiger partial charge in [-0.25, -0.2) is 32.2 Å². The van der Waals surface area contributed by atoms with Crippen molar-refractivity contribution < 1.29 is 17.2 Å². The van der Waals surface area contributed by atoms with E-state index < -0.39 is 21.8 Å². The fourth-order valence-corrected chi connectivity index (χ4v) is 5.78. The first-order valence-electron chi connectivity index (χ1n) is 11.6. The minimum Gasteiger partial charge on any atom is -0.350 e. The molecule has 0 unspecified atom stereocenters. The molecule has 2 aromatic heterocycles. The van der Waals surface area contributed by atoms with E-state index in [0.29, 0.717) is 53.3 Å². The number of pyridine rings is 1. The Bertz CT molecular complexity index is 1480. The maximum Gasteiger partial charge on any atom is 0.223 e. The van der Waals surface area contributed by atoms with Crippen LogP contribution in [0.15, 0.2) is 66.9 Å². The van der Waals surface area contributed by atoms with Gasteiger partial charge in [0.1, 0.15) is 17.5 Å². The van der Waals surface area contributed by atoms with Gasteiger partial charge in [-0.3, -0.25) is 0 Å². The van der Waals surface area contributed by atoms with Gasteiger partial charge in [0.25, 0.3) is 0 Å². The smallest absolute Gasteiger partial charge is 0.223 e. The quantitative estimate of drug-likeness (QED) is 0.388. The molecule has 0 spiro atoms. The number of rotatable bonds is 7. The molecule has 5 rings (SSSR count). The molecular formula is C26H25F2N5O2S. The van der Waals surface area contributed by atoms with Crippen LogP contribution in [-0.2, 0) is 21.3 Å². The van der Waals surface area contributed by atoms with Crippen molar-refractivity contribution in [3.63, 3.8) is 0 Å². The summed E-state index contributed by atoms with van der Waals surface area (Å²) in [5, 5.41) is 6.18. The van der Waals surface area contributed by atoms with Crippen LogP contribution in [0.5, 0.6) is 0 Å². The number of nitrogens with one attached hydrogen (secondary N) is 2. The Kier molecular flexibility index (Phi) is 6.88. The van der Waals surface area contributed by atoms with E-state index in [9.17, 15) is 17.2 Å². The topological polar surface area (TPSA) is 96.9 Å². The number of hydrogen-bond donors (Lipinski definition) is 2. The van der Waals surface area contributed by atoms with Crippen molar-refractivity contribution in [2.75, 3.05) is 18.4 Å². The molecule has 2 N–H and O–H groups in total. The third-order valence-corrected chi connectivity index (χ3v) is 7.55. The molecule has 0 bridgehead atoms. The van der Waals surface area contributed by atoms with Crippen molar-refractivity contribution in [3.8, 4) is 11.3 Å². The summed E-state index contributed by atoms with van der Waals surface area (Å²) in [5.74, 6) is -0.745. The van der Waals surface area contributed by atoms with Crippen LogP contribution in [0.3, 0.4) is 0 Å². The number of aromatic nitrogens is 3. The van der Waals surface area contributed by atoms with Gasteiger partial charge in [-0.1, -0.05) is 42.5 Å². The molecule has 0 aliphatic carbocycles. The zero-order valence-corrected chi connectivity index (χ0v) is 20.2. The monoisotopic (exact) mass is 509 g/mol. The molecule has 0 amide bonds. The highest BCUT2D eigenvalue weighted by Gasteiger charge is 2.22. The Balaban J connectivity index is 1.31. The third kappa shape index (κ3) is 5.83. The van der Waals surface area contributed by atoms with Crippen molar-refractivity contribution in [1.29, 1.82) is 0 Å². The van der Waals surface area contributed by atoms with E-state index in [2.05, 4.69) is 25.6 Å². The summed E-state index contributed by atoms with van der Waals surface area (Å²) in [5.41, 5.74) is 2.93. The number of benzene rings is 2. The number of nitrogens with zero attached hydrogens (tertiary/aromatic N) is 3. The van der Waals surface area contributed by atoms with E-state index in [1.165, 1.54) is 12.1 Å². The minimum atomic E-state index is -3.54. The van der Waals surface area contributed by atoms with Gasteiger partial charge in [0.2, 0.25) is 5.95 Å². The van der Waals surface area contributed by atoms with Gasteiger partial charge in [-0.05, 0) is 23.8 Å².